The van der Waals surface area contributed by atoms with E-state index < -0.39 is 0 Å². The zero-order valence-electron chi connectivity index (χ0n) is 12.1. The van der Waals surface area contributed by atoms with Crippen molar-refractivity contribution in [1.29, 1.82) is 0 Å². The Morgan fingerprint density at radius 3 is 2.62 bits per heavy atom. The van der Waals surface area contributed by atoms with Gasteiger partial charge in [0.1, 0.15) is 0 Å². The third-order valence-corrected chi connectivity index (χ3v) is 3.71. The van der Waals surface area contributed by atoms with Crippen LogP contribution in [0.4, 0.5) is 0 Å². The van der Waals surface area contributed by atoms with Gasteiger partial charge in [-0.15, -0.1) is 18.8 Å². The Kier molecular flexibility index (Phi) is 4.90. The molecule has 0 radical (unpaired) electrons. The van der Waals surface area contributed by atoms with Gasteiger partial charge < -0.3 is 9.88 Å². The SMILES string of the molecule is C#CCNCc1ccc2c(c1)c1ccccc1n2CC.Cl. The van der Waals surface area contributed by atoms with Crippen molar-refractivity contribution in [2.75, 3.05) is 6.54 Å². The summed E-state index contributed by atoms with van der Waals surface area (Å²) in [5.74, 6) is 2.60. The lowest BCUT2D eigenvalue weighted by molar-refractivity contribution is 0.771. The highest BCUT2D eigenvalue weighted by Crippen LogP contribution is 2.29. The minimum atomic E-state index is 0. The Hall–Kier alpha value is -1.95. The number of fused-ring (bicyclic) bond motifs is 3. The molecule has 0 aliphatic heterocycles. The lowest BCUT2D eigenvalue weighted by atomic mass is 10.1. The Morgan fingerprint density at radius 2 is 1.86 bits per heavy atom. The van der Waals surface area contributed by atoms with Gasteiger partial charge in [-0.05, 0) is 30.7 Å². The number of nitrogens with zero attached hydrogens (tertiary/aromatic N) is 1. The fourth-order valence-corrected chi connectivity index (χ4v) is 2.83. The number of aryl methyl sites for hydroxylation is 1. The standard InChI is InChI=1S/C18H18N2.ClH/c1-3-11-19-13-14-9-10-18-16(12-14)15-7-5-6-8-17(15)20(18)4-2;/h1,5-10,12,19H,4,11,13H2,2H3;1H. The monoisotopic (exact) mass is 298 g/mol. The van der Waals surface area contributed by atoms with Crippen LogP contribution < -0.4 is 5.32 Å². The summed E-state index contributed by atoms with van der Waals surface area (Å²) in [6, 6.07) is 15.3. The van der Waals surface area contributed by atoms with Gasteiger partial charge in [-0.1, -0.05) is 30.2 Å². The highest BCUT2D eigenvalue weighted by molar-refractivity contribution is 6.08. The van der Waals surface area contributed by atoms with Crippen molar-refractivity contribution in [3.8, 4) is 12.3 Å². The molecule has 0 bridgehead atoms. The van der Waals surface area contributed by atoms with Crippen molar-refractivity contribution in [2.45, 2.75) is 20.0 Å². The number of aromatic nitrogens is 1. The van der Waals surface area contributed by atoms with Crippen LogP contribution in [0.3, 0.4) is 0 Å². The van der Waals surface area contributed by atoms with Crippen LogP contribution in [0.5, 0.6) is 0 Å². The summed E-state index contributed by atoms with van der Waals surface area (Å²) in [6.45, 7) is 4.59. The number of hydrogen-bond acceptors (Lipinski definition) is 1. The number of benzene rings is 2. The number of terminal acetylenes is 1. The molecule has 0 amide bonds. The second-order valence-corrected chi connectivity index (χ2v) is 4.92. The molecule has 0 saturated heterocycles. The lowest BCUT2D eigenvalue weighted by Gasteiger charge is -2.04. The summed E-state index contributed by atoms with van der Waals surface area (Å²) < 4.78 is 2.36. The highest BCUT2D eigenvalue weighted by atomic mass is 35.5. The average Bonchev–Trinajstić information content (AvgIpc) is 2.81. The molecule has 2 nitrogen and oxygen atoms in total. The van der Waals surface area contributed by atoms with E-state index in [4.69, 9.17) is 6.42 Å². The van der Waals surface area contributed by atoms with Crippen molar-refractivity contribution in [1.82, 2.24) is 9.88 Å². The van der Waals surface area contributed by atoms with E-state index in [1.54, 1.807) is 0 Å². The molecule has 1 aromatic heterocycles. The Bertz CT molecular complexity index is 796. The van der Waals surface area contributed by atoms with Crippen molar-refractivity contribution < 1.29 is 0 Å². The summed E-state index contributed by atoms with van der Waals surface area (Å²) in [5, 5.41) is 5.89. The third kappa shape index (κ3) is 2.76. The summed E-state index contributed by atoms with van der Waals surface area (Å²) in [4.78, 5) is 0. The largest absolute Gasteiger partial charge is 0.341 e. The second-order valence-electron chi connectivity index (χ2n) is 4.92. The molecule has 0 unspecified atom stereocenters. The molecule has 3 rings (SSSR count). The molecule has 108 valence electrons. The van der Waals surface area contributed by atoms with Crippen LogP contribution in [-0.2, 0) is 13.1 Å². The quantitative estimate of drug-likeness (QED) is 0.570. The molecular formula is C18H19ClN2. The van der Waals surface area contributed by atoms with Gasteiger partial charge in [0.2, 0.25) is 0 Å². The van der Waals surface area contributed by atoms with Crippen molar-refractivity contribution in [3.05, 3.63) is 48.0 Å². The number of para-hydroxylation sites is 1. The van der Waals surface area contributed by atoms with Gasteiger partial charge in [-0.25, -0.2) is 0 Å². The minimum absolute atomic E-state index is 0. The molecule has 0 aliphatic carbocycles. The Labute approximate surface area is 131 Å². The predicted octanol–water partition coefficient (Wildman–Crippen LogP) is 3.96. The van der Waals surface area contributed by atoms with Gasteiger partial charge in [0.15, 0.2) is 0 Å². The van der Waals surface area contributed by atoms with Crippen molar-refractivity contribution in [2.24, 2.45) is 0 Å². The first kappa shape index (κ1) is 15.4. The molecule has 1 heterocycles. The maximum Gasteiger partial charge on any atom is 0.0576 e. The van der Waals surface area contributed by atoms with Gasteiger partial charge in [0.25, 0.3) is 0 Å². The molecular weight excluding hydrogens is 280 g/mol. The maximum atomic E-state index is 5.26. The third-order valence-electron chi connectivity index (χ3n) is 3.71. The first-order chi connectivity index (χ1) is 9.85. The molecule has 1 N–H and O–H groups in total. The van der Waals surface area contributed by atoms with E-state index in [-0.39, 0.29) is 12.4 Å². The van der Waals surface area contributed by atoms with Crippen molar-refractivity contribution in [3.63, 3.8) is 0 Å². The summed E-state index contributed by atoms with van der Waals surface area (Å²) >= 11 is 0. The van der Waals surface area contributed by atoms with Crippen LogP contribution in [0.1, 0.15) is 12.5 Å². The average molecular weight is 299 g/mol. The van der Waals surface area contributed by atoms with E-state index in [1.807, 2.05) is 0 Å². The minimum Gasteiger partial charge on any atom is -0.341 e. The fraction of sp³-hybridized carbons (Fsp3) is 0.222. The normalized spacial score (nSPS) is 10.5. The van der Waals surface area contributed by atoms with Crippen LogP contribution in [0.15, 0.2) is 42.5 Å². The summed E-state index contributed by atoms with van der Waals surface area (Å²) in [6.07, 6.45) is 5.26. The van der Waals surface area contributed by atoms with E-state index >= 15 is 0 Å². The van der Waals surface area contributed by atoms with E-state index in [0.29, 0.717) is 6.54 Å². The fourth-order valence-electron chi connectivity index (χ4n) is 2.83. The van der Waals surface area contributed by atoms with E-state index in [2.05, 4.69) is 65.2 Å². The zero-order chi connectivity index (χ0) is 13.9. The molecule has 0 spiro atoms. The first-order valence-electron chi connectivity index (χ1n) is 6.99. The molecule has 0 atom stereocenters. The van der Waals surface area contributed by atoms with Gasteiger partial charge in [-0.2, -0.15) is 0 Å². The highest BCUT2D eigenvalue weighted by Gasteiger charge is 2.09. The van der Waals surface area contributed by atoms with Crippen LogP contribution in [0.25, 0.3) is 21.8 Å². The molecule has 3 aromatic rings. The number of nitrogens with one attached hydrogen (secondary N) is 1. The molecule has 0 saturated carbocycles. The van der Waals surface area contributed by atoms with E-state index in [1.165, 1.54) is 27.4 Å². The maximum absolute atomic E-state index is 5.26. The summed E-state index contributed by atoms with van der Waals surface area (Å²) in [7, 11) is 0. The van der Waals surface area contributed by atoms with Crippen LogP contribution in [0.2, 0.25) is 0 Å². The first-order valence-corrected chi connectivity index (χ1v) is 6.99. The van der Waals surface area contributed by atoms with Gasteiger partial charge in [0.05, 0.1) is 6.54 Å². The predicted molar refractivity (Wildman–Crippen MR) is 92.9 cm³/mol. The molecule has 3 heteroatoms. The molecule has 0 fully saturated rings. The van der Waals surface area contributed by atoms with Crippen LogP contribution >= 0.6 is 12.4 Å². The number of halogens is 1. The Balaban J connectivity index is 0.00000161. The molecule has 2 aromatic carbocycles. The van der Waals surface area contributed by atoms with Gasteiger partial charge >= 0.3 is 0 Å². The number of rotatable bonds is 4. The van der Waals surface area contributed by atoms with Crippen molar-refractivity contribution >= 4 is 34.2 Å². The zero-order valence-corrected chi connectivity index (χ0v) is 12.9. The Morgan fingerprint density at radius 1 is 1.10 bits per heavy atom. The van der Waals surface area contributed by atoms with E-state index in [9.17, 15) is 0 Å². The number of hydrogen-bond donors (Lipinski definition) is 1. The molecule has 21 heavy (non-hydrogen) atoms. The van der Waals surface area contributed by atoms with Gasteiger partial charge in [0, 0.05) is 34.9 Å². The smallest absolute Gasteiger partial charge is 0.0576 e. The van der Waals surface area contributed by atoms with E-state index in [0.717, 1.165) is 13.1 Å². The molecule has 0 aliphatic rings. The second kappa shape index (κ2) is 6.67. The lowest BCUT2D eigenvalue weighted by Crippen LogP contribution is -2.12. The summed E-state index contributed by atoms with van der Waals surface area (Å²) in [5.41, 5.74) is 3.87. The van der Waals surface area contributed by atoms with Crippen LogP contribution in [-0.4, -0.2) is 11.1 Å². The van der Waals surface area contributed by atoms with Gasteiger partial charge in [-0.3, -0.25) is 0 Å². The topological polar surface area (TPSA) is 17.0 Å². The van der Waals surface area contributed by atoms with Crippen LogP contribution in [0, 0.1) is 12.3 Å².